The number of sulfonamides is 1. The van der Waals surface area contributed by atoms with Crippen LogP contribution in [-0.4, -0.2) is 33.6 Å². The van der Waals surface area contributed by atoms with Crippen molar-refractivity contribution < 1.29 is 17.9 Å². The quantitative estimate of drug-likeness (QED) is 0.837. The second-order valence-electron chi connectivity index (χ2n) is 4.57. The molecule has 1 saturated heterocycles. The molecule has 1 amide bonds. The van der Waals surface area contributed by atoms with E-state index in [1.165, 1.54) is 18.2 Å². The molecule has 0 aromatic heterocycles. The maximum absolute atomic E-state index is 12.2. The maximum Gasteiger partial charge on any atom is 0.252 e. The standard InChI is InChI=1S/C12H15BrN2O4S/c13-11-4-3-9(20(14,17)18)6-10(11)12(16)15-8-2-1-5-19-7-8/h3-4,6,8H,1-2,5,7H2,(H,15,16)(H2,14,17,18). The molecule has 8 heteroatoms. The van der Waals surface area contributed by atoms with E-state index < -0.39 is 10.0 Å². The largest absolute Gasteiger partial charge is 0.379 e. The van der Waals surface area contributed by atoms with Crippen LogP contribution in [0.2, 0.25) is 0 Å². The zero-order chi connectivity index (χ0) is 14.8. The first-order valence-electron chi connectivity index (χ1n) is 6.09. The van der Waals surface area contributed by atoms with Gasteiger partial charge in [-0.3, -0.25) is 4.79 Å². The molecule has 2 rings (SSSR count). The lowest BCUT2D eigenvalue weighted by atomic mass is 10.1. The number of halogens is 1. The number of hydrogen-bond acceptors (Lipinski definition) is 4. The van der Waals surface area contributed by atoms with Crippen LogP contribution in [-0.2, 0) is 14.8 Å². The van der Waals surface area contributed by atoms with Crippen LogP contribution in [0.25, 0.3) is 0 Å². The maximum atomic E-state index is 12.2. The van der Waals surface area contributed by atoms with Gasteiger partial charge in [0.25, 0.3) is 5.91 Å². The molecular weight excluding hydrogens is 348 g/mol. The van der Waals surface area contributed by atoms with Gasteiger partial charge in [0.1, 0.15) is 0 Å². The van der Waals surface area contributed by atoms with Crippen molar-refractivity contribution in [1.29, 1.82) is 0 Å². The summed E-state index contributed by atoms with van der Waals surface area (Å²) in [6.07, 6.45) is 1.74. The highest BCUT2D eigenvalue weighted by Gasteiger charge is 2.20. The van der Waals surface area contributed by atoms with E-state index in [4.69, 9.17) is 9.88 Å². The van der Waals surface area contributed by atoms with Gasteiger partial charge in [-0.1, -0.05) is 0 Å². The van der Waals surface area contributed by atoms with E-state index in [-0.39, 0.29) is 22.4 Å². The first kappa shape index (κ1) is 15.4. The minimum atomic E-state index is -3.83. The van der Waals surface area contributed by atoms with Gasteiger partial charge in [-0.15, -0.1) is 0 Å². The fourth-order valence-electron chi connectivity index (χ4n) is 1.97. The first-order valence-corrected chi connectivity index (χ1v) is 8.43. The molecule has 1 heterocycles. The van der Waals surface area contributed by atoms with Crippen molar-refractivity contribution in [2.45, 2.75) is 23.8 Å². The average Bonchev–Trinajstić information content (AvgIpc) is 2.39. The SMILES string of the molecule is NS(=O)(=O)c1ccc(Br)c(C(=O)NC2CCCOC2)c1. The molecule has 1 atom stereocenters. The summed E-state index contributed by atoms with van der Waals surface area (Å²) in [4.78, 5) is 12.1. The van der Waals surface area contributed by atoms with Crippen LogP contribution in [0, 0.1) is 0 Å². The molecule has 1 aliphatic heterocycles. The molecule has 110 valence electrons. The van der Waals surface area contributed by atoms with Crippen LogP contribution in [0.5, 0.6) is 0 Å². The summed E-state index contributed by atoms with van der Waals surface area (Å²) in [5.74, 6) is -0.349. The number of hydrogen-bond donors (Lipinski definition) is 2. The fourth-order valence-corrected chi connectivity index (χ4v) is 2.94. The van der Waals surface area contributed by atoms with Gasteiger partial charge in [-0.05, 0) is 47.0 Å². The Morgan fingerprint density at radius 1 is 1.45 bits per heavy atom. The second-order valence-corrected chi connectivity index (χ2v) is 6.99. The molecule has 1 aliphatic rings. The number of nitrogens with two attached hydrogens (primary N) is 1. The Balaban J connectivity index is 2.20. The highest BCUT2D eigenvalue weighted by Crippen LogP contribution is 2.21. The molecule has 1 unspecified atom stereocenters. The van der Waals surface area contributed by atoms with E-state index in [1.807, 2.05) is 0 Å². The Bertz CT molecular complexity index is 612. The molecule has 1 aromatic rings. The Labute approximate surface area is 125 Å². The Morgan fingerprint density at radius 3 is 2.80 bits per heavy atom. The minimum absolute atomic E-state index is 0.0544. The van der Waals surface area contributed by atoms with Crippen LogP contribution in [0.4, 0.5) is 0 Å². The van der Waals surface area contributed by atoms with Crippen molar-refractivity contribution in [1.82, 2.24) is 5.32 Å². The summed E-state index contributed by atoms with van der Waals surface area (Å²) in [6.45, 7) is 1.18. The van der Waals surface area contributed by atoms with Crippen molar-refractivity contribution in [3.8, 4) is 0 Å². The van der Waals surface area contributed by atoms with E-state index in [1.54, 1.807) is 0 Å². The Kier molecular flexibility index (Phi) is 4.79. The molecule has 0 spiro atoms. The smallest absolute Gasteiger partial charge is 0.252 e. The summed E-state index contributed by atoms with van der Waals surface area (Å²) >= 11 is 3.23. The van der Waals surface area contributed by atoms with E-state index in [9.17, 15) is 13.2 Å². The van der Waals surface area contributed by atoms with Gasteiger partial charge in [0, 0.05) is 11.1 Å². The van der Waals surface area contributed by atoms with Gasteiger partial charge in [0.05, 0.1) is 23.1 Å². The van der Waals surface area contributed by atoms with Crippen LogP contribution >= 0.6 is 15.9 Å². The molecule has 20 heavy (non-hydrogen) atoms. The van der Waals surface area contributed by atoms with Crippen LogP contribution in [0.15, 0.2) is 27.6 Å². The van der Waals surface area contributed by atoms with E-state index in [2.05, 4.69) is 21.2 Å². The van der Waals surface area contributed by atoms with Crippen molar-refractivity contribution in [3.05, 3.63) is 28.2 Å². The lowest BCUT2D eigenvalue weighted by Crippen LogP contribution is -2.40. The van der Waals surface area contributed by atoms with Crippen LogP contribution < -0.4 is 10.5 Å². The van der Waals surface area contributed by atoms with Crippen molar-refractivity contribution in [2.24, 2.45) is 5.14 Å². The lowest BCUT2D eigenvalue weighted by molar-refractivity contribution is 0.0623. The molecule has 3 N–H and O–H groups in total. The zero-order valence-corrected chi connectivity index (χ0v) is 13.0. The normalized spacial score (nSPS) is 19.6. The van der Waals surface area contributed by atoms with Crippen molar-refractivity contribution >= 4 is 31.9 Å². The summed E-state index contributed by atoms with van der Waals surface area (Å²) in [7, 11) is -3.83. The summed E-state index contributed by atoms with van der Waals surface area (Å²) < 4.78 is 28.4. The van der Waals surface area contributed by atoms with Gasteiger partial charge in [0.15, 0.2) is 0 Å². The molecule has 0 aliphatic carbocycles. The molecule has 1 fully saturated rings. The number of amides is 1. The first-order chi connectivity index (χ1) is 9.38. The monoisotopic (exact) mass is 362 g/mol. The summed E-state index contributed by atoms with van der Waals surface area (Å²) in [6, 6.07) is 4.05. The second kappa shape index (κ2) is 6.21. The Hall–Kier alpha value is -0.960. The number of rotatable bonds is 3. The van der Waals surface area contributed by atoms with Gasteiger partial charge >= 0.3 is 0 Å². The van der Waals surface area contributed by atoms with Gasteiger partial charge in [0.2, 0.25) is 10.0 Å². The average molecular weight is 363 g/mol. The summed E-state index contributed by atoms with van der Waals surface area (Å²) in [5.41, 5.74) is 0.238. The fraction of sp³-hybridized carbons (Fsp3) is 0.417. The van der Waals surface area contributed by atoms with E-state index in [0.29, 0.717) is 17.7 Å². The molecule has 1 aromatic carbocycles. The third-order valence-corrected chi connectivity index (χ3v) is 4.61. The lowest BCUT2D eigenvalue weighted by Gasteiger charge is -2.23. The molecule has 0 radical (unpaired) electrons. The number of benzene rings is 1. The predicted molar refractivity (Wildman–Crippen MR) is 76.8 cm³/mol. The summed E-state index contributed by atoms with van der Waals surface area (Å²) in [5, 5.41) is 7.89. The van der Waals surface area contributed by atoms with Crippen molar-refractivity contribution in [2.75, 3.05) is 13.2 Å². The number of nitrogens with one attached hydrogen (secondary N) is 1. The van der Waals surface area contributed by atoms with Gasteiger partial charge in [-0.2, -0.15) is 0 Å². The number of carbonyl (C=O) groups is 1. The van der Waals surface area contributed by atoms with Gasteiger partial charge < -0.3 is 10.1 Å². The highest BCUT2D eigenvalue weighted by molar-refractivity contribution is 9.10. The zero-order valence-electron chi connectivity index (χ0n) is 10.6. The molecule has 0 saturated carbocycles. The third-order valence-electron chi connectivity index (χ3n) is 3.01. The highest BCUT2D eigenvalue weighted by atomic mass is 79.9. The number of ether oxygens (including phenoxy) is 1. The van der Waals surface area contributed by atoms with Crippen LogP contribution in [0.3, 0.4) is 0 Å². The third kappa shape index (κ3) is 3.78. The van der Waals surface area contributed by atoms with E-state index in [0.717, 1.165) is 12.8 Å². The molecule has 0 bridgehead atoms. The van der Waals surface area contributed by atoms with Crippen LogP contribution in [0.1, 0.15) is 23.2 Å². The molecular formula is C12H15BrN2O4S. The van der Waals surface area contributed by atoms with Crippen molar-refractivity contribution in [3.63, 3.8) is 0 Å². The van der Waals surface area contributed by atoms with Gasteiger partial charge in [-0.25, -0.2) is 13.6 Å². The number of carbonyl (C=O) groups excluding carboxylic acids is 1. The number of primary sulfonamides is 1. The molecule has 6 nitrogen and oxygen atoms in total. The minimum Gasteiger partial charge on any atom is -0.379 e. The Morgan fingerprint density at radius 2 is 2.20 bits per heavy atom. The topological polar surface area (TPSA) is 98.5 Å². The predicted octanol–water partition coefficient (Wildman–Crippen LogP) is 1.01. The van der Waals surface area contributed by atoms with E-state index >= 15 is 0 Å².